The number of halogens is 1. The average molecular weight is 292 g/mol. The van der Waals surface area contributed by atoms with Crippen LogP contribution in [0.2, 0.25) is 5.02 Å². The first-order valence-corrected chi connectivity index (χ1v) is 6.30. The van der Waals surface area contributed by atoms with E-state index in [9.17, 15) is 4.79 Å². The Morgan fingerprint density at radius 1 is 1.40 bits per heavy atom. The lowest BCUT2D eigenvalue weighted by atomic mass is 10.2. The quantitative estimate of drug-likeness (QED) is 0.847. The molecular formula is C14H14ClN3O2. The standard InChI is InChI=1S/C14H14ClN3O2/c1-20-13-5-2-9(7-17-13)8-18-14(19)11-4-3-10(16)6-12(11)15/h2-7H,8,16H2,1H3,(H,18,19). The second kappa shape index (κ2) is 6.25. The molecule has 1 aromatic carbocycles. The number of carbonyl (C=O) groups is 1. The predicted molar refractivity (Wildman–Crippen MR) is 77.8 cm³/mol. The van der Waals surface area contributed by atoms with E-state index in [2.05, 4.69) is 10.3 Å². The van der Waals surface area contributed by atoms with Gasteiger partial charge in [-0.3, -0.25) is 4.79 Å². The number of hydrogen-bond donors (Lipinski definition) is 2. The van der Waals surface area contributed by atoms with E-state index in [1.165, 1.54) is 0 Å². The third kappa shape index (κ3) is 3.39. The van der Waals surface area contributed by atoms with Crippen molar-refractivity contribution in [3.63, 3.8) is 0 Å². The van der Waals surface area contributed by atoms with E-state index in [0.717, 1.165) is 5.56 Å². The second-order valence-corrected chi connectivity index (χ2v) is 4.54. The number of ether oxygens (including phenoxy) is 1. The Morgan fingerprint density at radius 2 is 2.20 bits per heavy atom. The van der Waals surface area contributed by atoms with Gasteiger partial charge in [0.25, 0.3) is 5.91 Å². The highest BCUT2D eigenvalue weighted by Crippen LogP contribution is 2.19. The Kier molecular flexibility index (Phi) is 4.42. The van der Waals surface area contributed by atoms with Gasteiger partial charge in [0.1, 0.15) is 0 Å². The highest BCUT2D eigenvalue weighted by atomic mass is 35.5. The molecule has 0 radical (unpaired) electrons. The maximum absolute atomic E-state index is 12.0. The largest absolute Gasteiger partial charge is 0.481 e. The fourth-order valence-corrected chi connectivity index (χ4v) is 1.90. The van der Waals surface area contributed by atoms with Crippen LogP contribution in [-0.4, -0.2) is 18.0 Å². The van der Waals surface area contributed by atoms with Crippen molar-refractivity contribution in [1.29, 1.82) is 0 Å². The molecule has 2 rings (SSSR count). The van der Waals surface area contributed by atoms with Gasteiger partial charge in [0.2, 0.25) is 5.88 Å². The number of benzene rings is 1. The van der Waals surface area contributed by atoms with Crippen LogP contribution in [0.3, 0.4) is 0 Å². The molecule has 0 aliphatic heterocycles. The van der Waals surface area contributed by atoms with E-state index < -0.39 is 0 Å². The van der Waals surface area contributed by atoms with Crippen molar-refractivity contribution < 1.29 is 9.53 Å². The molecule has 5 nitrogen and oxygen atoms in total. The SMILES string of the molecule is COc1ccc(CNC(=O)c2ccc(N)cc2Cl)cn1. The van der Waals surface area contributed by atoms with Crippen LogP contribution in [0.1, 0.15) is 15.9 Å². The number of rotatable bonds is 4. The van der Waals surface area contributed by atoms with Crippen LogP contribution in [0.25, 0.3) is 0 Å². The molecule has 0 aliphatic carbocycles. The Labute approximate surface area is 121 Å². The number of nitrogens with two attached hydrogens (primary N) is 1. The zero-order chi connectivity index (χ0) is 14.5. The number of hydrogen-bond acceptors (Lipinski definition) is 4. The monoisotopic (exact) mass is 291 g/mol. The Hall–Kier alpha value is -2.27. The molecule has 0 atom stereocenters. The van der Waals surface area contributed by atoms with Gasteiger partial charge in [-0.15, -0.1) is 0 Å². The molecule has 6 heteroatoms. The highest BCUT2D eigenvalue weighted by molar-refractivity contribution is 6.34. The first kappa shape index (κ1) is 14.1. The summed E-state index contributed by atoms with van der Waals surface area (Å²) in [4.78, 5) is 16.1. The molecule has 1 aromatic heterocycles. The molecule has 0 spiro atoms. The smallest absolute Gasteiger partial charge is 0.253 e. The van der Waals surface area contributed by atoms with E-state index >= 15 is 0 Å². The van der Waals surface area contributed by atoms with Crippen LogP contribution in [0, 0.1) is 0 Å². The summed E-state index contributed by atoms with van der Waals surface area (Å²) in [5.74, 6) is 0.271. The molecule has 1 heterocycles. The minimum Gasteiger partial charge on any atom is -0.481 e. The number of nitrogen functional groups attached to an aromatic ring is 1. The van der Waals surface area contributed by atoms with Gasteiger partial charge >= 0.3 is 0 Å². The molecule has 0 aliphatic rings. The summed E-state index contributed by atoms with van der Waals surface area (Å²) >= 11 is 5.98. The van der Waals surface area contributed by atoms with Gasteiger partial charge in [0, 0.05) is 24.5 Å². The number of nitrogens with one attached hydrogen (secondary N) is 1. The number of nitrogens with zero attached hydrogens (tertiary/aromatic N) is 1. The fraction of sp³-hybridized carbons (Fsp3) is 0.143. The number of aromatic nitrogens is 1. The maximum Gasteiger partial charge on any atom is 0.253 e. The normalized spacial score (nSPS) is 10.1. The van der Waals surface area contributed by atoms with Gasteiger partial charge in [-0.25, -0.2) is 4.98 Å². The van der Waals surface area contributed by atoms with Gasteiger partial charge in [-0.2, -0.15) is 0 Å². The molecule has 0 fully saturated rings. The zero-order valence-electron chi connectivity index (χ0n) is 10.9. The third-order valence-corrected chi connectivity index (χ3v) is 3.01. The van der Waals surface area contributed by atoms with E-state index in [-0.39, 0.29) is 5.91 Å². The maximum atomic E-state index is 12.0. The minimum atomic E-state index is -0.259. The summed E-state index contributed by atoms with van der Waals surface area (Å²) in [5.41, 5.74) is 7.36. The Balaban J connectivity index is 2.00. The summed E-state index contributed by atoms with van der Waals surface area (Å²) in [6, 6.07) is 8.34. The van der Waals surface area contributed by atoms with Gasteiger partial charge in [-0.05, 0) is 23.8 Å². The lowest BCUT2D eigenvalue weighted by Crippen LogP contribution is -2.23. The molecule has 0 saturated carbocycles. The molecule has 2 aromatic rings. The first-order valence-electron chi connectivity index (χ1n) is 5.92. The highest BCUT2D eigenvalue weighted by Gasteiger charge is 2.10. The molecule has 0 bridgehead atoms. The number of carbonyl (C=O) groups excluding carboxylic acids is 1. The van der Waals surface area contributed by atoms with Gasteiger partial charge in [0.05, 0.1) is 17.7 Å². The zero-order valence-corrected chi connectivity index (χ0v) is 11.6. The molecule has 20 heavy (non-hydrogen) atoms. The van der Waals surface area contributed by atoms with E-state index in [1.54, 1.807) is 37.6 Å². The van der Waals surface area contributed by atoms with Crippen LogP contribution >= 0.6 is 11.6 Å². The van der Waals surface area contributed by atoms with Crippen LogP contribution < -0.4 is 15.8 Å². The molecule has 0 saturated heterocycles. The molecular weight excluding hydrogens is 278 g/mol. The van der Waals surface area contributed by atoms with Crippen molar-refractivity contribution in [2.75, 3.05) is 12.8 Å². The summed E-state index contributed by atoms with van der Waals surface area (Å²) in [7, 11) is 1.55. The third-order valence-electron chi connectivity index (χ3n) is 2.70. The summed E-state index contributed by atoms with van der Waals surface area (Å²) in [5, 5.41) is 3.10. The molecule has 1 amide bonds. The number of anilines is 1. The van der Waals surface area contributed by atoms with Gasteiger partial charge in [-0.1, -0.05) is 17.7 Å². The van der Waals surface area contributed by atoms with Crippen LogP contribution in [0.15, 0.2) is 36.5 Å². The van der Waals surface area contributed by atoms with Crippen LogP contribution in [0.4, 0.5) is 5.69 Å². The summed E-state index contributed by atoms with van der Waals surface area (Å²) in [6.45, 7) is 0.358. The van der Waals surface area contributed by atoms with Crippen molar-refractivity contribution in [2.45, 2.75) is 6.54 Å². The van der Waals surface area contributed by atoms with Crippen LogP contribution in [0.5, 0.6) is 5.88 Å². The lowest BCUT2D eigenvalue weighted by Gasteiger charge is -2.07. The van der Waals surface area contributed by atoms with Crippen molar-refractivity contribution >= 4 is 23.2 Å². The summed E-state index contributed by atoms with van der Waals surface area (Å²) < 4.78 is 4.96. The molecule has 0 unspecified atom stereocenters. The van der Waals surface area contributed by atoms with Crippen molar-refractivity contribution in [2.24, 2.45) is 0 Å². The molecule has 104 valence electrons. The predicted octanol–water partition coefficient (Wildman–Crippen LogP) is 2.26. The number of pyridine rings is 1. The number of methoxy groups -OCH3 is 1. The van der Waals surface area contributed by atoms with Crippen molar-refractivity contribution in [3.05, 3.63) is 52.7 Å². The minimum absolute atomic E-state index is 0.259. The lowest BCUT2D eigenvalue weighted by molar-refractivity contribution is 0.0951. The first-order chi connectivity index (χ1) is 9.60. The number of amides is 1. The topological polar surface area (TPSA) is 77.2 Å². The molecule has 3 N–H and O–H groups in total. The van der Waals surface area contributed by atoms with E-state index in [1.807, 2.05) is 6.07 Å². The Bertz CT molecular complexity index is 614. The fourth-order valence-electron chi connectivity index (χ4n) is 1.63. The van der Waals surface area contributed by atoms with E-state index in [0.29, 0.717) is 28.7 Å². The van der Waals surface area contributed by atoms with Crippen LogP contribution in [-0.2, 0) is 6.54 Å². The Morgan fingerprint density at radius 3 is 2.80 bits per heavy atom. The van der Waals surface area contributed by atoms with Gasteiger partial charge < -0.3 is 15.8 Å². The average Bonchev–Trinajstić information content (AvgIpc) is 2.45. The second-order valence-electron chi connectivity index (χ2n) is 4.13. The van der Waals surface area contributed by atoms with E-state index in [4.69, 9.17) is 22.1 Å². The van der Waals surface area contributed by atoms with Gasteiger partial charge in [0.15, 0.2) is 0 Å². The summed E-state index contributed by atoms with van der Waals surface area (Å²) in [6.07, 6.45) is 1.64. The van der Waals surface area contributed by atoms with Crippen molar-refractivity contribution in [3.8, 4) is 5.88 Å². The van der Waals surface area contributed by atoms with Crippen molar-refractivity contribution in [1.82, 2.24) is 10.3 Å².